The summed E-state index contributed by atoms with van der Waals surface area (Å²) in [6.45, 7) is 0. The molecule has 0 radical (unpaired) electrons. The van der Waals surface area contributed by atoms with Crippen LogP contribution in [-0.4, -0.2) is 19.0 Å². The molecule has 0 amide bonds. The summed E-state index contributed by atoms with van der Waals surface area (Å²) in [6, 6.07) is 10.7. The Labute approximate surface area is 129 Å². The van der Waals surface area contributed by atoms with Crippen LogP contribution < -0.4 is 4.74 Å². The minimum atomic E-state index is -0.506. The molecule has 1 aliphatic heterocycles. The number of aliphatic imine (C=N–C) groups is 1. The van der Waals surface area contributed by atoms with Crippen molar-refractivity contribution in [3.05, 3.63) is 58.1 Å². The third-order valence-corrected chi connectivity index (χ3v) is 3.25. The van der Waals surface area contributed by atoms with Crippen LogP contribution in [0.5, 0.6) is 5.75 Å². The maximum absolute atomic E-state index is 11.8. The lowest BCUT2D eigenvalue weighted by atomic mass is 10.2. The molecule has 0 N–H and O–H groups in total. The number of carbonyl (C=O) groups is 1. The Kier molecular flexibility index (Phi) is 3.62. The van der Waals surface area contributed by atoms with Gasteiger partial charge in [-0.1, -0.05) is 12.1 Å². The number of cyclic esters (lactones) is 1. The zero-order chi connectivity index (χ0) is 14.8. The van der Waals surface area contributed by atoms with E-state index in [1.807, 2.05) is 12.1 Å². The van der Waals surface area contributed by atoms with E-state index in [1.165, 1.54) is 0 Å². The van der Waals surface area contributed by atoms with E-state index in [4.69, 9.17) is 13.9 Å². The molecule has 2 heterocycles. The standard InChI is InChI=1S/C15H10BrNO4/c1-19-10-4-2-9(3-5-10)8-11-15(18)21-14(17-11)12-6-7-13(16)20-12/h2-8H,1H3/b11-8-. The zero-order valence-electron chi connectivity index (χ0n) is 11.0. The van der Waals surface area contributed by atoms with E-state index in [0.29, 0.717) is 10.4 Å². The first kappa shape index (κ1) is 13.6. The van der Waals surface area contributed by atoms with E-state index in [9.17, 15) is 4.79 Å². The van der Waals surface area contributed by atoms with Crippen LogP contribution in [0, 0.1) is 0 Å². The number of halogens is 1. The summed E-state index contributed by atoms with van der Waals surface area (Å²) in [6.07, 6.45) is 1.65. The van der Waals surface area contributed by atoms with E-state index < -0.39 is 5.97 Å². The number of benzene rings is 1. The van der Waals surface area contributed by atoms with Crippen molar-refractivity contribution in [1.29, 1.82) is 0 Å². The first-order chi connectivity index (χ1) is 10.2. The summed E-state index contributed by atoms with van der Waals surface area (Å²) < 4.78 is 16.0. The van der Waals surface area contributed by atoms with Crippen molar-refractivity contribution in [2.45, 2.75) is 0 Å². The summed E-state index contributed by atoms with van der Waals surface area (Å²) in [5, 5.41) is 0. The molecule has 0 saturated heterocycles. The van der Waals surface area contributed by atoms with Crippen LogP contribution in [0.4, 0.5) is 0 Å². The number of furan rings is 1. The summed E-state index contributed by atoms with van der Waals surface area (Å²) in [7, 11) is 1.60. The molecule has 0 unspecified atom stereocenters. The fourth-order valence-corrected chi connectivity index (χ4v) is 2.11. The smallest absolute Gasteiger partial charge is 0.363 e. The van der Waals surface area contributed by atoms with E-state index in [-0.39, 0.29) is 11.6 Å². The second-order valence-corrected chi connectivity index (χ2v) is 4.99. The van der Waals surface area contributed by atoms with E-state index in [1.54, 1.807) is 37.5 Å². The van der Waals surface area contributed by atoms with Gasteiger partial charge in [-0.3, -0.25) is 0 Å². The van der Waals surface area contributed by atoms with Gasteiger partial charge in [-0.2, -0.15) is 0 Å². The number of carbonyl (C=O) groups excluding carboxylic acids is 1. The Bertz CT molecular complexity index is 743. The number of esters is 1. The SMILES string of the molecule is COc1ccc(/C=C2\N=C(c3ccc(Br)o3)OC2=O)cc1. The van der Waals surface area contributed by atoms with Crippen LogP contribution in [0.15, 0.2) is 56.2 Å². The molecule has 2 aromatic rings. The van der Waals surface area contributed by atoms with E-state index >= 15 is 0 Å². The van der Waals surface area contributed by atoms with Gasteiger partial charge >= 0.3 is 5.97 Å². The Hall–Kier alpha value is -2.34. The van der Waals surface area contributed by atoms with Gasteiger partial charge in [0.2, 0.25) is 0 Å². The van der Waals surface area contributed by atoms with Gasteiger partial charge in [0, 0.05) is 0 Å². The van der Waals surface area contributed by atoms with Crippen molar-refractivity contribution in [3.63, 3.8) is 0 Å². The summed E-state index contributed by atoms with van der Waals surface area (Å²) in [5.74, 6) is 0.794. The molecular formula is C15H10BrNO4. The van der Waals surface area contributed by atoms with Crippen molar-refractivity contribution in [2.75, 3.05) is 7.11 Å². The molecule has 0 aliphatic carbocycles. The molecular weight excluding hydrogens is 338 g/mol. The van der Waals surface area contributed by atoms with Crippen molar-refractivity contribution in [1.82, 2.24) is 0 Å². The van der Waals surface area contributed by atoms with Crippen LogP contribution in [0.1, 0.15) is 11.3 Å². The van der Waals surface area contributed by atoms with Crippen LogP contribution >= 0.6 is 15.9 Å². The Morgan fingerprint density at radius 2 is 1.95 bits per heavy atom. The van der Waals surface area contributed by atoms with Crippen LogP contribution in [0.3, 0.4) is 0 Å². The lowest BCUT2D eigenvalue weighted by Crippen LogP contribution is -2.04. The molecule has 0 spiro atoms. The number of hydrogen-bond donors (Lipinski definition) is 0. The highest BCUT2D eigenvalue weighted by atomic mass is 79.9. The van der Waals surface area contributed by atoms with Gasteiger partial charge in [-0.15, -0.1) is 0 Å². The number of hydrogen-bond acceptors (Lipinski definition) is 5. The first-order valence-corrected chi connectivity index (χ1v) is 6.87. The van der Waals surface area contributed by atoms with Gasteiger partial charge in [-0.25, -0.2) is 9.79 Å². The Balaban J connectivity index is 1.88. The third kappa shape index (κ3) is 2.90. The van der Waals surface area contributed by atoms with Crippen molar-refractivity contribution >= 4 is 33.9 Å². The average Bonchev–Trinajstić information content (AvgIpc) is 3.07. The highest BCUT2D eigenvalue weighted by Gasteiger charge is 2.26. The molecule has 6 heteroatoms. The van der Waals surface area contributed by atoms with Gasteiger partial charge < -0.3 is 13.9 Å². The molecule has 1 aromatic carbocycles. The highest BCUT2D eigenvalue weighted by molar-refractivity contribution is 9.10. The van der Waals surface area contributed by atoms with Gasteiger partial charge in [0.05, 0.1) is 7.11 Å². The first-order valence-electron chi connectivity index (χ1n) is 6.08. The van der Waals surface area contributed by atoms with Crippen molar-refractivity contribution < 1.29 is 18.7 Å². The number of rotatable bonds is 3. The molecule has 3 rings (SSSR count). The van der Waals surface area contributed by atoms with Gasteiger partial charge in [0.25, 0.3) is 5.90 Å². The molecule has 1 aromatic heterocycles. The van der Waals surface area contributed by atoms with Gasteiger partial charge in [0.15, 0.2) is 16.1 Å². The van der Waals surface area contributed by atoms with Crippen LogP contribution in [-0.2, 0) is 9.53 Å². The molecule has 0 atom stereocenters. The summed E-state index contributed by atoms with van der Waals surface area (Å²) >= 11 is 3.19. The fourth-order valence-electron chi connectivity index (χ4n) is 1.80. The van der Waals surface area contributed by atoms with Crippen molar-refractivity contribution in [3.8, 4) is 5.75 Å². The molecule has 0 fully saturated rings. The monoisotopic (exact) mass is 347 g/mol. The average molecular weight is 348 g/mol. The van der Waals surface area contributed by atoms with Crippen LogP contribution in [0.25, 0.3) is 6.08 Å². The van der Waals surface area contributed by atoms with Crippen LogP contribution in [0.2, 0.25) is 0 Å². The molecule has 0 saturated carbocycles. The lowest BCUT2D eigenvalue weighted by Gasteiger charge is -1.99. The predicted molar refractivity (Wildman–Crippen MR) is 80.0 cm³/mol. The molecule has 5 nitrogen and oxygen atoms in total. The number of ether oxygens (including phenoxy) is 2. The molecule has 106 valence electrons. The summed E-state index contributed by atoms with van der Waals surface area (Å²) in [5.41, 5.74) is 1.05. The largest absolute Gasteiger partial charge is 0.497 e. The van der Waals surface area contributed by atoms with Gasteiger partial charge in [-0.05, 0) is 51.8 Å². The van der Waals surface area contributed by atoms with Gasteiger partial charge in [0.1, 0.15) is 5.75 Å². The topological polar surface area (TPSA) is 61.0 Å². The minimum absolute atomic E-state index is 0.158. The predicted octanol–water partition coefficient (Wildman–Crippen LogP) is 3.40. The quantitative estimate of drug-likeness (QED) is 0.630. The van der Waals surface area contributed by atoms with E-state index in [2.05, 4.69) is 20.9 Å². The molecule has 21 heavy (non-hydrogen) atoms. The third-order valence-electron chi connectivity index (χ3n) is 2.82. The maximum atomic E-state index is 11.8. The minimum Gasteiger partial charge on any atom is -0.497 e. The summed E-state index contributed by atoms with van der Waals surface area (Å²) in [4.78, 5) is 16.0. The zero-order valence-corrected chi connectivity index (χ0v) is 12.6. The second kappa shape index (κ2) is 5.57. The Morgan fingerprint density at radius 3 is 2.57 bits per heavy atom. The van der Waals surface area contributed by atoms with E-state index in [0.717, 1.165) is 11.3 Å². The highest BCUT2D eigenvalue weighted by Crippen LogP contribution is 2.22. The number of methoxy groups -OCH3 is 1. The molecule has 0 bridgehead atoms. The maximum Gasteiger partial charge on any atom is 0.363 e. The van der Waals surface area contributed by atoms with Crippen molar-refractivity contribution in [2.24, 2.45) is 4.99 Å². The fraction of sp³-hybridized carbons (Fsp3) is 0.0667. The lowest BCUT2D eigenvalue weighted by molar-refractivity contribution is -0.130. The molecule has 1 aliphatic rings. The number of nitrogens with zero attached hydrogens (tertiary/aromatic N) is 1. The second-order valence-electron chi connectivity index (χ2n) is 4.21. The Morgan fingerprint density at radius 1 is 1.19 bits per heavy atom. The normalized spacial score (nSPS) is 16.0.